The Bertz CT molecular complexity index is 742. The van der Waals surface area contributed by atoms with Gasteiger partial charge in [-0.25, -0.2) is 0 Å². The Balaban J connectivity index is 2.13. The summed E-state index contributed by atoms with van der Waals surface area (Å²) in [7, 11) is 0. The SMILES string of the molecule is CCOc1ccc(C(=O)Nc2cccc(CN(CC)CC)c2)cc1OCC. The third-order valence-corrected chi connectivity index (χ3v) is 4.29. The van der Waals surface area contributed by atoms with E-state index < -0.39 is 0 Å². The predicted octanol–water partition coefficient (Wildman–Crippen LogP) is 4.58. The second kappa shape index (κ2) is 10.6. The van der Waals surface area contributed by atoms with E-state index >= 15 is 0 Å². The maximum absolute atomic E-state index is 12.7. The average Bonchev–Trinajstić information content (AvgIpc) is 2.68. The highest BCUT2D eigenvalue weighted by molar-refractivity contribution is 6.04. The van der Waals surface area contributed by atoms with E-state index in [1.54, 1.807) is 18.2 Å². The van der Waals surface area contributed by atoms with Gasteiger partial charge in [0.05, 0.1) is 13.2 Å². The fraction of sp³-hybridized carbons (Fsp3) is 0.409. The van der Waals surface area contributed by atoms with E-state index in [1.165, 1.54) is 5.56 Å². The lowest BCUT2D eigenvalue weighted by atomic mass is 10.1. The van der Waals surface area contributed by atoms with Crippen molar-refractivity contribution in [2.24, 2.45) is 0 Å². The van der Waals surface area contributed by atoms with Crippen LogP contribution in [-0.4, -0.2) is 37.1 Å². The lowest BCUT2D eigenvalue weighted by Gasteiger charge is -2.18. The molecule has 0 spiro atoms. The summed E-state index contributed by atoms with van der Waals surface area (Å²) in [5, 5.41) is 2.97. The van der Waals surface area contributed by atoms with Gasteiger partial charge in [-0.3, -0.25) is 9.69 Å². The van der Waals surface area contributed by atoms with Crippen molar-refractivity contribution in [3.05, 3.63) is 53.6 Å². The third kappa shape index (κ3) is 6.00. The molecular formula is C22H30N2O3. The van der Waals surface area contributed by atoms with Crippen LogP contribution in [0.1, 0.15) is 43.6 Å². The minimum Gasteiger partial charge on any atom is -0.490 e. The summed E-state index contributed by atoms with van der Waals surface area (Å²) in [4.78, 5) is 15.0. The van der Waals surface area contributed by atoms with Gasteiger partial charge in [-0.1, -0.05) is 26.0 Å². The maximum atomic E-state index is 12.7. The third-order valence-electron chi connectivity index (χ3n) is 4.29. The van der Waals surface area contributed by atoms with Gasteiger partial charge in [0.15, 0.2) is 11.5 Å². The molecule has 1 N–H and O–H groups in total. The number of hydrogen-bond donors (Lipinski definition) is 1. The topological polar surface area (TPSA) is 50.8 Å². The van der Waals surface area contributed by atoms with Crippen LogP contribution in [0, 0.1) is 0 Å². The Morgan fingerprint density at radius 2 is 1.63 bits per heavy atom. The Labute approximate surface area is 162 Å². The fourth-order valence-electron chi connectivity index (χ4n) is 2.85. The molecule has 2 rings (SSSR count). The van der Waals surface area contributed by atoms with Crippen molar-refractivity contribution in [3.8, 4) is 11.5 Å². The van der Waals surface area contributed by atoms with E-state index in [-0.39, 0.29) is 5.91 Å². The van der Waals surface area contributed by atoms with Crippen LogP contribution < -0.4 is 14.8 Å². The van der Waals surface area contributed by atoms with Crippen molar-refractivity contribution in [3.63, 3.8) is 0 Å². The van der Waals surface area contributed by atoms with Crippen LogP contribution >= 0.6 is 0 Å². The molecule has 0 aromatic heterocycles. The Hall–Kier alpha value is -2.53. The van der Waals surface area contributed by atoms with E-state index in [1.807, 2.05) is 32.0 Å². The zero-order chi connectivity index (χ0) is 19.6. The number of carbonyl (C=O) groups excluding carboxylic acids is 1. The molecule has 0 fully saturated rings. The van der Waals surface area contributed by atoms with Gasteiger partial charge in [-0.05, 0) is 62.8 Å². The normalized spacial score (nSPS) is 10.7. The molecule has 0 radical (unpaired) electrons. The van der Waals surface area contributed by atoms with Crippen molar-refractivity contribution >= 4 is 11.6 Å². The van der Waals surface area contributed by atoms with Crippen molar-refractivity contribution in [1.82, 2.24) is 4.90 Å². The number of benzene rings is 2. The number of hydrogen-bond acceptors (Lipinski definition) is 4. The highest BCUT2D eigenvalue weighted by Gasteiger charge is 2.12. The van der Waals surface area contributed by atoms with E-state index in [9.17, 15) is 4.79 Å². The van der Waals surface area contributed by atoms with Crippen LogP contribution in [0.3, 0.4) is 0 Å². The first kappa shape index (κ1) is 20.8. The molecule has 0 heterocycles. The smallest absolute Gasteiger partial charge is 0.255 e. The molecule has 2 aromatic carbocycles. The molecule has 27 heavy (non-hydrogen) atoms. The quantitative estimate of drug-likeness (QED) is 0.665. The lowest BCUT2D eigenvalue weighted by molar-refractivity contribution is 0.102. The van der Waals surface area contributed by atoms with Crippen LogP contribution in [0.25, 0.3) is 0 Å². The van der Waals surface area contributed by atoms with Crippen LogP contribution in [0.2, 0.25) is 0 Å². The van der Waals surface area contributed by atoms with Gasteiger partial charge in [0.25, 0.3) is 5.91 Å². The van der Waals surface area contributed by atoms with Gasteiger partial charge in [-0.15, -0.1) is 0 Å². The number of amides is 1. The van der Waals surface area contributed by atoms with Crippen LogP contribution in [0.5, 0.6) is 11.5 Å². The first-order chi connectivity index (χ1) is 13.1. The minimum absolute atomic E-state index is 0.168. The molecule has 0 aliphatic carbocycles. The van der Waals surface area contributed by atoms with E-state index in [0.29, 0.717) is 30.3 Å². The van der Waals surface area contributed by atoms with Crippen LogP contribution in [0.15, 0.2) is 42.5 Å². The van der Waals surface area contributed by atoms with Crippen LogP contribution in [0.4, 0.5) is 5.69 Å². The minimum atomic E-state index is -0.168. The van der Waals surface area contributed by atoms with Crippen molar-refractivity contribution < 1.29 is 14.3 Å². The van der Waals surface area contributed by atoms with E-state index in [2.05, 4.69) is 30.1 Å². The Kier molecular flexibility index (Phi) is 8.14. The molecule has 146 valence electrons. The Morgan fingerprint density at radius 3 is 2.30 bits per heavy atom. The average molecular weight is 370 g/mol. The summed E-state index contributed by atoms with van der Waals surface area (Å²) >= 11 is 0. The van der Waals surface area contributed by atoms with Gasteiger partial charge < -0.3 is 14.8 Å². The van der Waals surface area contributed by atoms with Crippen LogP contribution in [-0.2, 0) is 6.54 Å². The number of carbonyl (C=O) groups is 1. The molecule has 5 heteroatoms. The molecule has 0 aliphatic rings. The zero-order valence-electron chi connectivity index (χ0n) is 16.7. The lowest BCUT2D eigenvalue weighted by Crippen LogP contribution is -2.22. The molecule has 0 bridgehead atoms. The zero-order valence-corrected chi connectivity index (χ0v) is 16.7. The standard InChI is InChI=1S/C22H30N2O3/c1-5-24(6-2)16-17-10-9-11-19(14-17)23-22(25)18-12-13-20(26-7-3)21(15-18)27-8-4/h9-15H,5-8,16H2,1-4H3,(H,23,25). The molecule has 0 saturated carbocycles. The molecule has 2 aromatic rings. The number of nitrogens with zero attached hydrogens (tertiary/aromatic N) is 1. The summed E-state index contributed by atoms with van der Waals surface area (Å²) in [5.74, 6) is 1.07. The van der Waals surface area contributed by atoms with E-state index in [4.69, 9.17) is 9.47 Å². The van der Waals surface area contributed by atoms with Crippen molar-refractivity contribution in [1.29, 1.82) is 0 Å². The molecule has 0 unspecified atom stereocenters. The summed E-state index contributed by atoms with van der Waals surface area (Å²) in [5.41, 5.74) is 2.51. The molecule has 5 nitrogen and oxygen atoms in total. The number of nitrogens with one attached hydrogen (secondary N) is 1. The summed E-state index contributed by atoms with van der Waals surface area (Å²) in [6, 6.07) is 13.2. The first-order valence-electron chi connectivity index (χ1n) is 9.63. The molecule has 0 atom stereocenters. The second-order valence-electron chi connectivity index (χ2n) is 6.14. The first-order valence-corrected chi connectivity index (χ1v) is 9.63. The number of anilines is 1. The highest BCUT2D eigenvalue weighted by Crippen LogP contribution is 2.29. The van der Waals surface area contributed by atoms with Crippen molar-refractivity contribution in [2.45, 2.75) is 34.2 Å². The Morgan fingerprint density at radius 1 is 0.926 bits per heavy atom. The fourth-order valence-corrected chi connectivity index (χ4v) is 2.85. The largest absolute Gasteiger partial charge is 0.490 e. The van der Waals surface area contributed by atoms with Gasteiger partial charge in [0.2, 0.25) is 0 Å². The second-order valence-corrected chi connectivity index (χ2v) is 6.14. The maximum Gasteiger partial charge on any atom is 0.255 e. The highest BCUT2D eigenvalue weighted by atomic mass is 16.5. The van der Waals surface area contributed by atoms with Crippen molar-refractivity contribution in [2.75, 3.05) is 31.6 Å². The van der Waals surface area contributed by atoms with Gasteiger partial charge in [0, 0.05) is 17.8 Å². The molecule has 1 amide bonds. The summed E-state index contributed by atoms with van der Waals surface area (Å²) < 4.78 is 11.2. The molecule has 0 saturated heterocycles. The number of ether oxygens (including phenoxy) is 2. The number of rotatable bonds is 10. The van der Waals surface area contributed by atoms with Gasteiger partial charge >= 0.3 is 0 Å². The monoisotopic (exact) mass is 370 g/mol. The molecular weight excluding hydrogens is 340 g/mol. The van der Waals surface area contributed by atoms with Gasteiger partial charge in [0.1, 0.15) is 0 Å². The summed E-state index contributed by atoms with van der Waals surface area (Å²) in [6.45, 7) is 12.1. The predicted molar refractivity (Wildman–Crippen MR) is 110 cm³/mol. The van der Waals surface area contributed by atoms with Gasteiger partial charge in [-0.2, -0.15) is 0 Å². The van der Waals surface area contributed by atoms with E-state index in [0.717, 1.165) is 25.3 Å². The molecule has 0 aliphatic heterocycles. The summed E-state index contributed by atoms with van der Waals surface area (Å²) in [6.07, 6.45) is 0.